The standard InChI is InChI=1S/C9H9OS/c1-8(7-10)11-9-5-3-2-4-6-9/h2-6,8H,1H3. The summed E-state index contributed by atoms with van der Waals surface area (Å²) in [6.07, 6.45) is 1.93. The number of carbonyl (C=O) groups excluding carboxylic acids is 1. The highest BCUT2D eigenvalue weighted by atomic mass is 32.2. The van der Waals surface area contributed by atoms with Crippen molar-refractivity contribution >= 4 is 18.0 Å². The van der Waals surface area contributed by atoms with Gasteiger partial charge in [-0.1, -0.05) is 18.2 Å². The molecule has 0 bridgehead atoms. The van der Waals surface area contributed by atoms with Gasteiger partial charge in [0.25, 0.3) is 0 Å². The van der Waals surface area contributed by atoms with E-state index >= 15 is 0 Å². The van der Waals surface area contributed by atoms with Gasteiger partial charge in [-0.15, -0.1) is 11.8 Å². The molecule has 1 atom stereocenters. The lowest BCUT2D eigenvalue weighted by atomic mass is 10.4. The van der Waals surface area contributed by atoms with Gasteiger partial charge in [-0.25, -0.2) is 0 Å². The highest BCUT2D eigenvalue weighted by molar-refractivity contribution is 8.00. The molecule has 0 N–H and O–H groups in total. The first kappa shape index (κ1) is 8.34. The third-order valence-electron chi connectivity index (χ3n) is 1.22. The molecule has 0 amide bonds. The van der Waals surface area contributed by atoms with Crippen LogP contribution in [0.4, 0.5) is 0 Å². The van der Waals surface area contributed by atoms with E-state index < -0.39 is 0 Å². The molecule has 0 saturated heterocycles. The Kier molecular flexibility index (Phi) is 3.17. The number of rotatable bonds is 3. The fourth-order valence-electron chi connectivity index (χ4n) is 0.727. The summed E-state index contributed by atoms with van der Waals surface area (Å²) in [7, 11) is 0. The number of hydrogen-bond donors (Lipinski definition) is 0. The third-order valence-corrected chi connectivity index (χ3v) is 2.22. The van der Waals surface area contributed by atoms with E-state index in [4.69, 9.17) is 0 Å². The molecule has 11 heavy (non-hydrogen) atoms. The van der Waals surface area contributed by atoms with E-state index in [0.717, 1.165) is 4.90 Å². The van der Waals surface area contributed by atoms with Crippen LogP contribution in [0.5, 0.6) is 0 Å². The third kappa shape index (κ3) is 2.76. The number of hydrogen-bond acceptors (Lipinski definition) is 2. The van der Waals surface area contributed by atoms with Crippen LogP contribution in [0.25, 0.3) is 0 Å². The first-order chi connectivity index (χ1) is 5.33. The van der Waals surface area contributed by atoms with Crippen molar-refractivity contribution in [1.29, 1.82) is 0 Å². The Hall–Kier alpha value is -0.760. The lowest BCUT2D eigenvalue weighted by Crippen LogP contribution is -1.94. The van der Waals surface area contributed by atoms with Gasteiger partial charge in [-0.2, -0.15) is 0 Å². The smallest absolute Gasteiger partial charge is 0.212 e. The van der Waals surface area contributed by atoms with E-state index in [1.54, 1.807) is 0 Å². The quantitative estimate of drug-likeness (QED) is 0.639. The highest BCUT2D eigenvalue weighted by Crippen LogP contribution is 2.20. The Morgan fingerprint density at radius 3 is 2.55 bits per heavy atom. The van der Waals surface area contributed by atoms with Crippen LogP contribution in [0.15, 0.2) is 35.2 Å². The maximum atomic E-state index is 10.2. The largest absolute Gasteiger partial charge is 0.290 e. The average molecular weight is 165 g/mol. The molecule has 57 valence electrons. The van der Waals surface area contributed by atoms with Gasteiger partial charge in [0.15, 0.2) is 0 Å². The van der Waals surface area contributed by atoms with E-state index in [0.29, 0.717) is 0 Å². The van der Waals surface area contributed by atoms with Gasteiger partial charge in [0.05, 0.1) is 5.25 Å². The highest BCUT2D eigenvalue weighted by Gasteiger charge is 2.01. The molecule has 0 fully saturated rings. The van der Waals surface area contributed by atoms with E-state index in [9.17, 15) is 4.79 Å². The number of benzene rings is 1. The molecule has 0 spiro atoms. The summed E-state index contributed by atoms with van der Waals surface area (Å²) in [5.74, 6) is 0. The van der Waals surface area contributed by atoms with Crippen molar-refractivity contribution in [2.24, 2.45) is 0 Å². The van der Waals surface area contributed by atoms with Crippen LogP contribution >= 0.6 is 11.8 Å². The molecular weight excluding hydrogens is 156 g/mol. The van der Waals surface area contributed by atoms with Crippen molar-refractivity contribution in [1.82, 2.24) is 0 Å². The minimum Gasteiger partial charge on any atom is -0.290 e. The van der Waals surface area contributed by atoms with Crippen LogP contribution in [-0.4, -0.2) is 11.5 Å². The van der Waals surface area contributed by atoms with E-state index in [1.807, 2.05) is 43.5 Å². The molecule has 0 aromatic heterocycles. The zero-order valence-corrected chi connectivity index (χ0v) is 7.10. The van der Waals surface area contributed by atoms with Gasteiger partial charge in [0.2, 0.25) is 6.29 Å². The molecule has 0 saturated carbocycles. The summed E-state index contributed by atoms with van der Waals surface area (Å²) in [5.41, 5.74) is 0. The van der Waals surface area contributed by atoms with Crippen LogP contribution in [0, 0.1) is 0 Å². The predicted molar refractivity (Wildman–Crippen MR) is 47.5 cm³/mol. The molecule has 0 aliphatic carbocycles. The fraction of sp³-hybridized carbons (Fsp3) is 0.222. The lowest BCUT2D eigenvalue weighted by Gasteiger charge is -2.00. The van der Waals surface area contributed by atoms with Gasteiger partial charge in [-0.05, 0) is 19.1 Å². The van der Waals surface area contributed by atoms with Gasteiger partial charge < -0.3 is 0 Å². The Bertz CT molecular complexity index is 220. The Labute approximate surface area is 70.8 Å². The first-order valence-electron chi connectivity index (χ1n) is 3.42. The van der Waals surface area contributed by atoms with Gasteiger partial charge in [-0.3, -0.25) is 4.79 Å². The Morgan fingerprint density at radius 1 is 1.36 bits per heavy atom. The monoisotopic (exact) mass is 165 g/mol. The maximum absolute atomic E-state index is 10.2. The molecule has 1 unspecified atom stereocenters. The Balaban J connectivity index is 2.57. The van der Waals surface area contributed by atoms with Crippen LogP contribution in [-0.2, 0) is 4.79 Å². The second kappa shape index (κ2) is 4.19. The second-order valence-electron chi connectivity index (χ2n) is 2.19. The molecule has 1 aromatic carbocycles. The normalized spacial score (nSPS) is 12.5. The molecule has 2 heteroatoms. The summed E-state index contributed by atoms with van der Waals surface area (Å²) < 4.78 is 0. The minimum absolute atomic E-state index is 0.0719. The molecule has 1 radical (unpaired) electrons. The zero-order valence-electron chi connectivity index (χ0n) is 6.28. The maximum Gasteiger partial charge on any atom is 0.212 e. The van der Waals surface area contributed by atoms with Crippen molar-refractivity contribution in [3.8, 4) is 0 Å². The van der Waals surface area contributed by atoms with Gasteiger partial charge >= 0.3 is 0 Å². The topological polar surface area (TPSA) is 17.1 Å². The van der Waals surface area contributed by atoms with Crippen molar-refractivity contribution < 1.29 is 4.79 Å². The lowest BCUT2D eigenvalue weighted by molar-refractivity contribution is 0.555. The van der Waals surface area contributed by atoms with Crippen LogP contribution in [0.3, 0.4) is 0 Å². The van der Waals surface area contributed by atoms with Crippen LogP contribution in [0.1, 0.15) is 6.92 Å². The molecule has 1 rings (SSSR count). The summed E-state index contributed by atoms with van der Waals surface area (Å²) in [6, 6.07) is 9.84. The summed E-state index contributed by atoms with van der Waals surface area (Å²) in [6.45, 7) is 1.84. The van der Waals surface area contributed by atoms with E-state index in [-0.39, 0.29) is 5.25 Å². The van der Waals surface area contributed by atoms with Crippen molar-refractivity contribution in [3.05, 3.63) is 30.3 Å². The van der Waals surface area contributed by atoms with E-state index in [2.05, 4.69) is 0 Å². The summed E-state index contributed by atoms with van der Waals surface area (Å²) in [5, 5.41) is -0.0719. The molecule has 0 aliphatic rings. The fourth-order valence-corrected chi connectivity index (χ4v) is 1.50. The van der Waals surface area contributed by atoms with Crippen molar-refractivity contribution in [3.63, 3.8) is 0 Å². The van der Waals surface area contributed by atoms with Crippen LogP contribution < -0.4 is 0 Å². The predicted octanol–water partition coefficient (Wildman–Crippen LogP) is 2.28. The molecule has 1 nitrogen and oxygen atoms in total. The second-order valence-corrected chi connectivity index (χ2v) is 3.61. The molecular formula is C9H9OS. The summed E-state index contributed by atoms with van der Waals surface area (Å²) in [4.78, 5) is 11.3. The van der Waals surface area contributed by atoms with Gasteiger partial charge in [0, 0.05) is 4.90 Å². The van der Waals surface area contributed by atoms with Crippen LogP contribution in [0.2, 0.25) is 0 Å². The molecule has 0 heterocycles. The van der Waals surface area contributed by atoms with E-state index in [1.165, 1.54) is 11.8 Å². The van der Waals surface area contributed by atoms with Crippen molar-refractivity contribution in [2.45, 2.75) is 17.1 Å². The molecule has 1 aromatic rings. The average Bonchev–Trinajstić information content (AvgIpc) is 2.06. The zero-order chi connectivity index (χ0) is 8.10. The Morgan fingerprint density at radius 2 is 2.00 bits per heavy atom. The first-order valence-corrected chi connectivity index (χ1v) is 4.30. The SMILES string of the molecule is CC([C]=O)Sc1ccccc1. The number of thioether (sulfide) groups is 1. The summed E-state index contributed by atoms with van der Waals surface area (Å²) >= 11 is 1.52. The van der Waals surface area contributed by atoms with Crippen molar-refractivity contribution in [2.75, 3.05) is 0 Å². The minimum atomic E-state index is -0.0719. The van der Waals surface area contributed by atoms with Gasteiger partial charge in [0.1, 0.15) is 0 Å². The molecule has 0 aliphatic heterocycles.